The monoisotopic (exact) mass is 1170 g/mol. The van der Waals surface area contributed by atoms with E-state index in [0.29, 0.717) is 19.4 Å². The van der Waals surface area contributed by atoms with Crippen molar-refractivity contribution < 1.29 is 24.5 Å². The van der Waals surface area contributed by atoms with Gasteiger partial charge in [-0.05, 0) is 57.8 Å². The molecule has 0 fully saturated rings. The first kappa shape index (κ1) is 81.3. The van der Waals surface area contributed by atoms with Crippen LogP contribution in [0, 0.1) is 0 Å². The normalized spacial score (nSPS) is 12.6. The van der Waals surface area contributed by atoms with Gasteiger partial charge in [-0.1, -0.05) is 385 Å². The van der Waals surface area contributed by atoms with Gasteiger partial charge in [0.05, 0.1) is 25.4 Å². The standard InChI is InChI=1S/C77H149NO5/c1-3-5-7-9-11-13-15-17-19-21-22-23-24-26-29-32-35-38-41-45-49-53-57-61-65-69-75(80)74(73-79)78-76(81)70-66-62-58-54-50-46-42-39-36-33-30-27-25-28-31-34-37-40-44-48-52-56-60-64-68-72-83-77(82)71-67-63-59-55-51-47-43-20-18-16-14-12-10-8-6-4-2/h20,43,65,69,74-75,79-80H,3-19,21-42,44-64,66-68,70-73H2,1-2H3,(H,78,81)/b43-20-,69-65+. The van der Waals surface area contributed by atoms with Crippen molar-refractivity contribution >= 4 is 11.9 Å². The van der Waals surface area contributed by atoms with Crippen molar-refractivity contribution in [1.82, 2.24) is 5.32 Å². The summed E-state index contributed by atoms with van der Waals surface area (Å²) in [5.41, 5.74) is 0. The van der Waals surface area contributed by atoms with Gasteiger partial charge in [0.2, 0.25) is 5.91 Å². The van der Waals surface area contributed by atoms with Crippen LogP contribution in [0.5, 0.6) is 0 Å². The topological polar surface area (TPSA) is 95.9 Å². The maximum atomic E-state index is 12.6. The van der Waals surface area contributed by atoms with E-state index in [1.807, 2.05) is 6.08 Å². The van der Waals surface area contributed by atoms with Crippen LogP contribution in [0.1, 0.15) is 431 Å². The van der Waals surface area contributed by atoms with Gasteiger partial charge in [-0.25, -0.2) is 0 Å². The second kappa shape index (κ2) is 72.8. The SMILES string of the molecule is CCCCCCCCC/C=C\CCCCCCCC(=O)OCCCCCCCCCCCCCCCCCCCCCCCCCCCC(=O)NC(CO)C(O)/C=C/CCCCCCCCCCCCCCCCCCCCCCCCC. The number of nitrogens with one attached hydrogen (secondary N) is 1. The Morgan fingerprint density at radius 1 is 0.325 bits per heavy atom. The van der Waals surface area contributed by atoms with Crippen molar-refractivity contribution in [2.75, 3.05) is 13.2 Å². The molecule has 0 aromatic rings. The van der Waals surface area contributed by atoms with E-state index < -0.39 is 12.1 Å². The fourth-order valence-electron chi connectivity index (χ4n) is 12.2. The summed E-state index contributed by atoms with van der Waals surface area (Å²) in [7, 11) is 0. The highest BCUT2D eigenvalue weighted by atomic mass is 16.5. The predicted molar refractivity (Wildman–Crippen MR) is 366 cm³/mol. The second-order valence-corrected chi connectivity index (χ2v) is 26.3. The average molecular weight is 1170 g/mol. The van der Waals surface area contributed by atoms with E-state index in [2.05, 4.69) is 31.3 Å². The highest BCUT2D eigenvalue weighted by Crippen LogP contribution is 2.20. The first-order chi connectivity index (χ1) is 41.0. The Bertz CT molecular complexity index is 1300. The molecule has 0 saturated heterocycles. The van der Waals surface area contributed by atoms with Crippen molar-refractivity contribution in [3.8, 4) is 0 Å². The lowest BCUT2D eigenvalue weighted by Crippen LogP contribution is -2.45. The van der Waals surface area contributed by atoms with Crippen LogP contribution in [0.3, 0.4) is 0 Å². The number of carbonyl (C=O) groups is 2. The fourth-order valence-corrected chi connectivity index (χ4v) is 12.2. The minimum Gasteiger partial charge on any atom is -0.466 e. The number of hydrogen-bond donors (Lipinski definition) is 3. The number of aliphatic hydroxyl groups excluding tert-OH is 2. The van der Waals surface area contributed by atoms with Gasteiger partial charge < -0.3 is 20.3 Å². The van der Waals surface area contributed by atoms with Gasteiger partial charge in [0.1, 0.15) is 0 Å². The van der Waals surface area contributed by atoms with E-state index >= 15 is 0 Å². The number of hydrogen-bond acceptors (Lipinski definition) is 5. The molecule has 0 aromatic heterocycles. The summed E-state index contributed by atoms with van der Waals surface area (Å²) >= 11 is 0. The molecule has 3 N–H and O–H groups in total. The molecular formula is C77H149NO5. The molecular weight excluding hydrogens is 1020 g/mol. The Morgan fingerprint density at radius 3 is 0.855 bits per heavy atom. The molecule has 0 spiro atoms. The Hall–Kier alpha value is -1.66. The van der Waals surface area contributed by atoms with Gasteiger partial charge in [-0.2, -0.15) is 0 Å². The van der Waals surface area contributed by atoms with E-state index in [0.717, 1.165) is 44.9 Å². The third-order valence-electron chi connectivity index (χ3n) is 18.0. The van der Waals surface area contributed by atoms with E-state index in [1.165, 1.54) is 360 Å². The van der Waals surface area contributed by atoms with E-state index in [4.69, 9.17) is 4.74 Å². The Kier molecular flexibility index (Phi) is 71.4. The van der Waals surface area contributed by atoms with Gasteiger partial charge in [0.25, 0.3) is 0 Å². The number of amides is 1. The van der Waals surface area contributed by atoms with Crippen LogP contribution in [-0.2, 0) is 14.3 Å². The molecule has 0 bridgehead atoms. The molecule has 0 aliphatic rings. The summed E-state index contributed by atoms with van der Waals surface area (Å²) in [6, 6.07) is -0.628. The Morgan fingerprint density at radius 2 is 0.566 bits per heavy atom. The molecule has 0 aliphatic carbocycles. The maximum absolute atomic E-state index is 12.6. The zero-order valence-electron chi connectivity index (χ0n) is 56.5. The summed E-state index contributed by atoms with van der Waals surface area (Å²) in [5.74, 6) is -0.0515. The number of ether oxygens (including phenoxy) is 1. The second-order valence-electron chi connectivity index (χ2n) is 26.3. The number of rotatable bonds is 72. The smallest absolute Gasteiger partial charge is 0.305 e. The minimum absolute atomic E-state index is 0.00967. The molecule has 0 aliphatic heterocycles. The number of carbonyl (C=O) groups excluding carboxylic acids is 2. The van der Waals surface area contributed by atoms with Crippen LogP contribution < -0.4 is 5.32 Å². The van der Waals surface area contributed by atoms with E-state index in [1.54, 1.807) is 6.08 Å². The Balaban J connectivity index is 3.39. The molecule has 0 aromatic carbocycles. The summed E-state index contributed by atoms with van der Waals surface area (Å²) in [5, 5.41) is 23.3. The van der Waals surface area contributed by atoms with Gasteiger partial charge >= 0.3 is 5.97 Å². The molecule has 0 heterocycles. The number of esters is 1. The Labute approximate surface area is 520 Å². The van der Waals surface area contributed by atoms with E-state index in [9.17, 15) is 19.8 Å². The van der Waals surface area contributed by atoms with Gasteiger partial charge in [-0.15, -0.1) is 0 Å². The zero-order chi connectivity index (χ0) is 59.9. The minimum atomic E-state index is -0.845. The van der Waals surface area contributed by atoms with Crippen molar-refractivity contribution in [1.29, 1.82) is 0 Å². The first-order valence-electron chi connectivity index (χ1n) is 38.1. The third-order valence-corrected chi connectivity index (χ3v) is 18.0. The molecule has 2 atom stereocenters. The summed E-state index contributed by atoms with van der Waals surface area (Å²) in [4.78, 5) is 24.6. The molecule has 6 heteroatoms. The first-order valence-corrected chi connectivity index (χ1v) is 38.1. The molecule has 1 amide bonds. The zero-order valence-corrected chi connectivity index (χ0v) is 56.5. The lowest BCUT2D eigenvalue weighted by atomic mass is 10.0. The third kappa shape index (κ3) is 69.3. The number of unbranched alkanes of at least 4 members (excludes halogenated alkanes) is 59. The highest BCUT2D eigenvalue weighted by molar-refractivity contribution is 5.76. The maximum Gasteiger partial charge on any atom is 0.305 e. The van der Waals surface area contributed by atoms with Crippen molar-refractivity contribution in [3.05, 3.63) is 24.3 Å². The molecule has 0 rings (SSSR count). The molecule has 83 heavy (non-hydrogen) atoms. The highest BCUT2D eigenvalue weighted by Gasteiger charge is 2.18. The van der Waals surface area contributed by atoms with E-state index in [-0.39, 0.29) is 18.5 Å². The number of allylic oxidation sites excluding steroid dienone is 3. The fraction of sp³-hybridized carbons (Fsp3) is 0.922. The van der Waals surface area contributed by atoms with Crippen LogP contribution in [0.2, 0.25) is 0 Å². The summed E-state index contributed by atoms with van der Waals surface area (Å²) < 4.78 is 5.50. The summed E-state index contributed by atoms with van der Waals surface area (Å²) in [6.07, 6.45) is 92.8. The van der Waals surface area contributed by atoms with Gasteiger partial charge in [-0.3, -0.25) is 9.59 Å². The van der Waals surface area contributed by atoms with Gasteiger partial charge in [0, 0.05) is 12.8 Å². The van der Waals surface area contributed by atoms with Crippen molar-refractivity contribution in [2.45, 2.75) is 443 Å². The quantitative estimate of drug-likeness (QED) is 0.0320. The largest absolute Gasteiger partial charge is 0.466 e. The molecule has 6 nitrogen and oxygen atoms in total. The van der Waals surface area contributed by atoms with Crippen molar-refractivity contribution in [2.24, 2.45) is 0 Å². The molecule has 2 unspecified atom stereocenters. The van der Waals surface area contributed by atoms with Crippen molar-refractivity contribution in [3.63, 3.8) is 0 Å². The molecule has 0 radical (unpaired) electrons. The van der Waals surface area contributed by atoms with Crippen LogP contribution in [0.15, 0.2) is 24.3 Å². The predicted octanol–water partition coefficient (Wildman–Crippen LogP) is 24.9. The lowest BCUT2D eigenvalue weighted by Gasteiger charge is -2.20. The van der Waals surface area contributed by atoms with Crippen LogP contribution in [0.25, 0.3) is 0 Å². The summed E-state index contributed by atoms with van der Waals surface area (Å²) in [6.45, 7) is 4.95. The van der Waals surface area contributed by atoms with Crippen LogP contribution in [0.4, 0.5) is 0 Å². The van der Waals surface area contributed by atoms with Crippen LogP contribution >= 0.6 is 0 Å². The lowest BCUT2D eigenvalue weighted by molar-refractivity contribution is -0.143. The van der Waals surface area contributed by atoms with Crippen LogP contribution in [-0.4, -0.2) is 47.4 Å². The molecule has 0 saturated carbocycles. The number of aliphatic hydroxyl groups is 2. The van der Waals surface area contributed by atoms with Gasteiger partial charge in [0.15, 0.2) is 0 Å². The average Bonchev–Trinajstić information content (AvgIpc) is 3.49. The molecule has 492 valence electrons.